The van der Waals surface area contributed by atoms with Gasteiger partial charge < -0.3 is 9.88 Å². The Morgan fingerprint density at radius 1 is 1.00 bits per heavy atom. The number of rotatable bonds is 9. The summed E-state index contributed by atoms with van der Waals surface area (Å²) >= 11 is 0. The summed E-state index contributed by atoms with van der Waals surface area (Å²) in [6.45, 7) is -0.301. The van der Waals surface area contributed by atoms with Crippen LogP contribution in [0.3, 0.4) is 0 Å². The Labute approximate surface area is 201 Å². The van der Waals surface area contributed by atoms with Crippen LogP contribution in [0.1, 0.15) is 5.56 Å². The highest BCUT2D eigenvalue weighted by Gasteiger charge is 2.27. The lowest BCUT2D eigenvalue weighted by molar-refractivity contribution is -0.384. The fourth-order valence-corrected chi connectivity index (χ4v) is 4.80. The number of anilines is 1. The summed E-state index contributed by atoms with van der Waals surface area (Å²) in [6, 6.07) is 20.2. The molecule has 0 atom stereocenters. The van der Waals surface area contributed by atoms with E-state index in [1.165, 1.54) is 36.4 Å². The Morgan fingerprint density at radius 3 is 2.29 bits per heavy atom. The van der Waals surface area contributed by atoms with Crippen molar-refractivity contribution in [2.45, 2.75) is 11.4 Å². The van der Waals surface area contributed by atoms with Gasteiger partial charge in [0, 0.05) is 36.8 Å². The smallest absolute Gasteiger partial charge is 0.269 e. The van der Waals surface area contributed by atoms with Gasteiger partial charge in [-0.15, -0.1) is 0 Å². The van der Waals surface area contributed by atoms with Gasteiger partial charge in [0.1, 0.15) is 6.54 Å². The van der Waals surface area contributed by atoms with Crippen molar-refractivity contribution < 1.29 is 18.1 Å². The van der Waals surface area contributed by atoms with E-state index < -0.39 is 27.4 Å². The molecule has 11 heteroatoms. The van der Waals surface area contributed by atoms with Crippen molar-refractivity contribution in [3.63, 3.8) is 0 Å². The molecule has 3 aromatic carbocycles. The number of carbonyl (C=O) groups is 1. The topological polar surface area (TPSA) is 127 Å². The summed E-state index contributed by atoms with van der Waals surface area (Å²) in [6.07, 6.45) is 5.17. The molecule has 0 fully saturated rings. The minimum Gasteiger partial charge on any atom is -0.350 e. The number of nitro groups is 1. The van der Waals surface area contributed by atoms with Gasteiger partial charge in [0.05, 0.1) is 21.8 Å². The number of imidazole rings is 1. The van der Waals surface area contributed by atoms with Gasteiger partial charge in [0.2, 0.25) is 5.91 Å². The third-order valence-corrected chi connectivity index (χ3v) is 6.98. The predicted octanol–water partition coefficient (Wildman–Crippen LogP) is 3.29. The number of aromatic nitrogens is 2. The zero-order valence-electron chi connectivity index (χ0n) is 18.4. The fourth-order valence-electron chi connectivity index (χ4n) is 3.36. The molecule has 1 N–H and O–H groups in total. The van der Waals surface area contributed by atoms with Gasteiger partial charge in [0.25, 0.3) is 15.7 Å². The normalized spacial score (nSPS) is 11.1. The molecule has 0 aliphatic heterocycles. The molecular formula is C24H21N5O5S. The van der Waals surface area contributed by atoms with Gasteiger partial charge in [0.15, 0.2) is 0 Å². The first kappa shape index (κ1) is 23.6. The second-order valence-corrected chi connectivity index (χ2v) is 9.37. The van der Waals surface area contributed by atoms with Crippen molar-refractivity contribution in [1.29, 1.82) is 0 Å². The van der Waals surface area contributed by atoms with Crippen LogP contribution >= 0.6 is 0 Å². The van der Waals surface area contributed by atoms with Crippen molar-refractivity contribution >= 4 is 27.3 Å². The van der Waals surface area contributed by atoms with Crippen LogP contribution in [0.2, 0.25) is 0 Å². The highest BCUT2D eigenvalue weighted by molar-refractivity contribution is 7.92. The highest BCUT2D eigenvalue weighted by atomic mass is 32.2. The average molecular weight is 492 g/mol. The molecule has 178 valence electrons. The molecule has 0 aliphatic carbocycles. The van der Waals surface area contributed by atoms with Crippen LogP contribution in [-0.4, -0.2) is 35.3 Å². The zero-order valence-corrected chi connectivity index (χ0v) is 19.2. The number of nitro benzene ring substituents is 1. The molecule has 4 rings (SSSR count). The third kappa shape index (κ3) is 5.53. The molecule has 0 saturated heterocycles. The average Bonchev–Trinajstić information content (AvgIpc) is 3.42. The molecular weight excluding hydrogens is 470 g/mol. The molecule has 0 unspecified atom stereocenters. The van der Waals surface area contributed by atoms with Gasteiger partial charge in [-0.2, -0.15) is 0 Å². The van der Waals surface area contributed by atoms with E-state index in [2.05, 4.69) is 10.3 Å². The Bertz CT molecular complexity index is 1410. The number of amides is 1. The van der Waals surface area contributed by atoms with Crippen LogP contribution in [-0.2, 0) is 21.4 Å². The summed E-state index contributed by atoms with van der Waals surface area (Å²) in [4.78, 5) is 27.2. The largest absolute Gasteiger partial charge is 0.350 e. The summed E-state index contributed by atoms with van der Waals surface area (Å²) in [5, 5.41) is 13.7. The minimum atomic E-state index is -4.10. The number of non-ortho nitro benzene ring substituents is 1. The van der Waals surface area contributed by atoms with Gasteiger partial charge in [-0.05, 0) is 42.0 Å². The standard InChI is InChI=1S/C24H21N5O5S/c30-24(26-16-19-6-8-20(9-7-19)27-15-14-25-18-27)17-28(21-10-12-22(13-11-21)29(31)32)35(33,34)23-4-2-1-3-5-23/h1-15,18H,16-17H2,(H,26,30). The first-order valence-electron chi connectivity index (χ1n) is 10.5. The van der Waals surface area contributed by atoms with E-state index in [4.69, 9.17) is 0 Å². The van der Waals surface area contributed by atoms with E-state index in [0.717, 1.165) is 15.6 Å². The molecule has 1 heterocycles. The molecule has 10 nitrogen and oxygen atoms in total. The Hall–Kier alpha value is -4.51. The second-order valence-electron chi connectivity index (χ2n) is 7.51. The molecule has 0 aliphatic rings. The fraction of sp³-hybridized carbons (Fsp3) is 0.0833. The van der Waals surface area contributed by atoms with Crippen molar-refractivity contribution in [1.82, 2.24) is 14.9 Å². The van der Waals surface area contributed by atoms with E-state index in [1.54, 1.807) is 30.7 Å². The Morgan fingerprint density at radius 2 is 1.69 bits per heavy atom. The molecule has 4 aromatic rings. The number of sulfonamides is 1. The lowest BCUT2D eigenvalue weighted by Gasteiger charge is -2.24. The number of nitrogens with zero attached hydrogens (tertiary/aromatic N) is 4. The van der Waals surface area contributed by atoms with E-state index in [-0.39, 0.29) is 22.8 Å². The molecule has 35 heavy (non-hydrogen) atoms. The number of benzene rings is 3. The van der Waals surface area contributed by atoms with E-state index in [0.29, 0.717) is 0 Å². The second kappa shape index (κ2) is 10.2. The van der Waals surface area contributed by atoms with E-state index in [1.807, 2.05) is 35.0 Å². The van der Waals surface area contributed by atoms with Crippen LogP contribution in [0.4, 0.5) is 11.4 Å². The van der Waals surface area contributed by atoms with Crippen LogP contribution in [0, 0.1) is 10.1 Å². The summed E-state index contributed by atoms with van der Waals surface area (Å²) in [7, 11) is -4.10. The molecule has 1 aromatic heterocycles. The zero-order chi connectivity index (χ0) is 24.8. The molecule has 1 amide bonds. The number of carbonyl (C=O) groups excluding carboxylic acids is 1. The van der Waals surface area contributed by atoms with Crippen LogP contribution in [0.25, 0.3) is 5.69 Å². The van der Waals surface area contributed by atoms with Crippen LogP contribution in [0.15, 0.2) is 102 Å². The molecule has 0 spiro atoms. The minimum absolute atomic E-state index is 0.00115. The highest BCUT2D eigenvalue weighted by Crippen LogP contribution is 2.25. The lowest BCUT2D eigenvalue weighted by Crippen LogP contribution is -2.40. The van der Waals surface area contributed by atoms with Gasteiger partial charge in [-0.1, -0.05) is 30.3 Å². The van der Waals surface area contributed by atoms with Crippen molar-refractivity contribution in [2.24, 2.45) is 0 Å². The predicted molar refractivity (Wildman–Crippen MR) is 129 cm³/mol. The van der Waals surface area contributed by atoms with Gasteiger partial charge in [-0.3, -0.25) is 19.2 Å². The molecule has 0 saturated carbocycles. The maximum atomic E-state index is 13.3. The first-order valence-corrected chi connectivity index (χ1v) is 11.9. The first-order chi connectivity index (χ1) is 16.8. The van der Waals surface area contributed by atoms with E-state index >= 15 is 0 Å². The Kier molecular flexibility index (Phi) is 6.88. The monoisotopic (exact) mass is 491 g/mol. The summed E-state index contributed by atoms with van der Waals surface area (Å²) in [5.74, 6) is -0.526. The third-order valence-electron chi connectivity index (χ3n) is 5.20. The van der Waals surface area contributed by atoms with Crippen LogP contribution < -0.4 is 9.62 Å². The van der Waals surface area contributed by atoms with E-state index in [9.17, 15) is 23.3 Å². The summed E-state index contributed by atoms with van der Waals surface area (Å²) in [5.41, 5.74) is 1.69. The number of hydrogen-bond donors (Lipinski definition) is 1. The number of hydrogen-bond acceptors (Lipinski definition) is 6. The van der Waals surface area contributed by atoms with Gasteiger partial charge in [-0.25, -0.2) is 13.4 Å². The number of nitrogens with one attached hydrogen (secondary N) is 1. The SMILES string of the molecule is O=C(CN(c1ccc([N+](=O)[O-])cc1)S(=O)(=O)c1ccccc1)NCc1ccc(-n2ccnc2)cc1. The van der Waals surface area contributed by atoms with Crippen molar-refractivity contribution in [3.05, 3.63) is 113 Å². The summed E-state index contributed by atoms with van der Waals surface area (Å²) < 4.78 is 29.4. The van der Waals surface area contributed by atoms with Crippen molar-refractivity contribution in [2.75, 3.05) is 10.8 Å². The molecule has 0 radical (unpaired) electrons. The maximum absolute atomic E-state index is 13.3. The maximum Gasteiger partial charge on any atom is 0.269 e. The quantitative estimate of drug-likeness (QED) is 0.283. The van der Waals surface area contributed by atoms with Crippen LogP contribution in [0.5, 0.6) is 0 Å². The molecule has 0 bridgehead atoms. The lowest BCUT2D eigenvalue weighted by atomic mass is 10.2. The van der Waals surface area contributed by atoms with Crippen molar-refractivity contribution in [3.8, 4) is 5.69 Å². The van der Waals surface area contributed by atoms with Gasteiger partial charge >= 0.3 is 0 Å². The Balaban J connectivity index is 1.51.